The summed E-state index contributed by atoms with van der Waals surface area (Å²) >= 11 is 2.58. The molecule has 1 aliphatic rings. The summed E-state index contributed by atoms with van der Waals surface area (Å²) in [7, 11) is 0. The third kappa shape index (κ3) is 5.35. The highest BCUT2D eigenvalue weighted by atomic mass is 32.2. The van der Waals surface area contributed by atoms with Crippen molar-refractivity contribution in [3.8, 4) is 0 Å². The Kier molecular flexibility index (Phi) is 6.16. The molecule has 1 fully saturated rings. The van der Waals surface area contributed by atoms with Gasteiger partial charge in [0.05, 0.1) is 11.9 Å². The molecule has 1 aromatic heterocycles. The number of nitrogens with one attached hydrogen (secondary N) is 2. The molecule has 0 bridgehead atoms. The van der Waals surface area contributed by atoms with Crippen LogP contribution in [0.4, 0.5) is 19.6 Å². The SMILES string of the molecule is O=C(CSc1nnc(NCC2CCCO2)s1)Nc1ccc(F)c(F)c1. The molecule has 134 valence electrons. The van der Waals surface area contributed by atoms with Gasteiger partial charge in [-0.05, 0) is 25.0 Å². The second-order valence-corrected chi connectivity index (χ2v) is 7.55. The van der Waals surface area contributed by atoms with E-state index in [2.05, 4.69) is 20.8 Å². The second-order valence-electron chi connectivity index (χ2n) is 5.35. The Bertz CT molecular complexity index is 738. The van der Waals surface area contributed by atoms with Crippen LogP contribution in [0.5, 0.6) is 0 Å². The van der Waals surface area contributed by atoms with Crippen LogP contribution in [0.3, 0.4) is 0 Å². The van der Waals surface area contributed by atoms with Gasteiger partial charge in [0.1, 0.15) is 0 Å². The molecule has 2 N–H and O–H groups in total. The summed E-state index contributed by atoms with van der Waals surface area (Å²) in [5.74, 6) is -2.19. The van der Waals surface area contributed by atoms with Gasteiger partial charge in [-0.2, -0.15) is 0 Å². The van der Waals surface area contributed by atoms with Crippen LogP contribution in [0.2, 0.25) is 0 Å². The minimum absolute atomic E-state index is 0.0966. The van der Waals surface area contributed by atoms with Crippen molar-refractivity contribution >= 4 is 39.8 Å². The molecule has 0 spiro atoms. The van der Waals surface area contributed by atoms with E-state index >= 15 is 0 Å². The standard InChI is InChI=1S/C15H16F2N4O2S2/c16-11-4-3-9(6-12(11)17)19-13(22)8-24-15-21-20-14(25-15)18-7-10-2-1-5-23-10/h3-4,6,10H,1-2,5,7-8H2,(H,18,20)(H,19,22). The van der Waals surface area contributed by atoms with Crippen LogP contribution in [0.25, 0.3) is 0 Å². The molecule has 2 heterocycles. The lowest BCUT2D eigenvalue weighted by molar-refractivity contribution is -0.113. The molecular formula is C15H16F2N4O2S2. The quantitative estimate of drug-likeness (QED) is 0.712. The molecule has 1 atom stereocenters. The molecule has 3 rings (SSSR count). The monoisotopic (exact) mass is 386 g/mol. The van der Waals surface area contributed by atoms with Gasteiger partial charge in [0.15, 0.2) is 16.0 Å². The molecule has 10 heteroatoms. The molecule has 6 nitrogen and oxygen atoms in total. The largest absolute Gasteiger partial charge is 0.376 e. The van der Waals surface area contributed by atoms with E-state index < -0.39 is 11.6 Å². The molecule has 0 radical (unpaired) electrons. The van der Waals surface area contributed by atoms with Crippen LogP contribution in [-0.2, 0) is 9.53 Å². The van der Waals surface area contributed by atoms with Gasteiger partial charge in [-0.25, -0.2) is 8.78 Å². The van der Waals surface area contributed by atoms with Crippen LogP contribution in [0, 0.1) is 11.6 Å². The number of anilines is 2. The van der Waals surface area contributed by atoms with Crippen molar-refractivity contribution < 1.29 is 18.3 Å². The first kappa shape index (κ1) is 18.0. The molecule has 1 unspecified atom stereocenters. The topological polar surface area (TPSA) is 76.1 Å². The smallest absolute Gasteiger partial charge is 0.234 e. The Morgan fingerprint density at radius 2 is 2.24 bits per heavy atom. The van der Waals surface area contributed by atoms with Crippen LogP contribution < -0.4 is 10.6 Å². The Labute approximate surface area is 151 Å². The molecular weight excluding hydrogens is 370 g/mol. The number of amides is 1. The second kappa shape index (κ2) is 8.54. The maximum Gasteiger partial charge on any atom is 0.234 e. The average Bonchev–Trinajstić information content (AvgIpc) is 3.26. The lowest BCUT2D eigenvalue weighted by Crippen LogP contribution is -2.18. The number of thioether (sulfide) groups is 1. The predicted octanol–water partition coefficient (Wildman–Crippen LogP) is 3.14. The first-order valence-electron chi connectivity index (χ1n) is 7.67. The van der Waals surface area contributed by atoms with E-state index in [1.807, 2.05) is 0 Å². The molecule has 0 aliphatic carbocycles. The fourth-order valence-corrected chi connectivity index (χ4v) is 3.80. The Balaban J connectivity index is 1.43. The summed E-state index contributed by atoms with van der Waals surface area (Å²) in [6.07, 6.45) is 2.33. The highest BCUT2D eigenvalue weighted by Gasteiger charge is 2.16. The van der Waals surface area contributed by atoms with Crippen molar-refractivity contribution in [1.29, 1.82) is 0 Å². The molecule has 1 saturated heterocycles. The van der Waals surface area contributed by atoms with Gasteiger partial charge < -0.3 is 15.4 Å². The van der Waals surface area contributed by atoms with Crippen molar-refractivity contribution in [2.75, 3.05) is 29.5 Å². The summed E-state index contributed by atoms with van der Waals surface area (Å²) in [6, 6.07) is 3.21. The van der Waals surface area contributed by atoms with Gasteiger partial charge in [0.2, 0.25) is 11.0 Å². The van der Waals surface area contributed by atoms with Crippen molar-refractivity contribution in [3.63, 3.8) is 0 Å². The van der Waals surface area contributed by atoms with Gasteiger partial charge in [0.25, 0.3) is 0 Å². The molecule has 25 heavy (non-hydrogen) atoms. The Morgan fingerprint density at radius 3 is 3.00 bits per heavy atom. The number of rotatable bonds is 7. The lowest BCUT2D eigenvalue weighted by atomic mass is 10.2. The summed E-state index contributed by atoms with van der Waals surface area (Å²) in [4.78, 5) is 11.9. The number of hydrogen-bond acceptors (Lipinski definition) is 7. The van der Waals surface area contributed by atoms with E-state index in [0.29, 0.717) is 16.0 Å². The van der Waals surface area contributed by atoms with E-state index in [-0.39, 0.29) is 23.5 Å². The summed E-state index contributed by atoms with van der Waals surface area (Å²) in [6.45, 7) is 1.49. The molecule has 0 saturated carbocycles. The van der Waals surface area contributed by atoms with Gasteiger partial charge in [-0.3, -0.25) is 4.79 Å². The van der Waals surface area contributed by atoms with Crippen LogP contribution in [0.1, 0.15) is 12.8 Å². The van der Waals surface area contributed by atoms with Crippen molar-refractivity contribution in [2.24, 2.45) is 0 Å². The van der Waals surface area contributed by atoms with Crippen molar-refractivity contribution in [3.05, 3.63) is 29.8 Å². The number of benzene rings is 1. The first-order chi connectivity index (χ1) is 12.1. The Hall–Kier alpha value is -1.78. The van der Waals surface area contributed by atoms with E-state index in [1.165, 1.54) is 29.2 Å². The van der Waals surface area contributed by atoms with Crippen molar-refractivity contribution in [1.82, 2.24) is 10.2 Å². The van der Waals surface area contributed by atoms with E-state index in [4.69, 9.17) is 4.74 Å². The average molecular weight is 386 g/mol. The minimum Gasteiger partial charge on any atom is -0.376 e. The molecule has 2 aromatic rings. The van der Waals surface area contributed by atoms with E-state index in [9.17, 15) is 13.6 Å². The number of ether oxygens (including phenoxy) is 1. The van der Waals surface area contributed by atoms with Gasteiger partial charge >= 0.3 is 0 Å². The molecule has 1 amide bonds. The van der Waals surface area contributed by atoms with Gasteiger partial charge in [-0.15, -0.1) is 10.2 Å². The van der Waals surface area contributed by atoms with Crippen molar-refractivity contribution in [2.45, 2.75) is 23.3 Å². The summed E-state index contributed by atoms with van der Waals surface area (Å²) in [5.41, 5.74) is 0.209. The normalized spacial score (nSPS) is 16.8. The summed E-state index contributed by atoms with van der Waals surface area (Å²) in [5, 5.41) is 14.4. The third-order valence-electron chi connectivity index (χ3n) is 3.44. The lowest BCUT2D eigenvalue weighted by Gasteiger charge is -2.08. The number of halogens is 2. The molecule has 1 aliphatic heterocycles. The number of carbonyl (C=O) groups is 1. The fraction of sp³-hybridized carbons (Fsp3) is 0.400. The third-order valence-corrected chi connectivity index (χ3v) is 5.46. The highest BCUT2D eigenvalue weighted by Crippen LogP contribution is 2.26. The maximum absolute atomic E-state index is 13.1. The molecule has 1 aromatic carbocycles. The van der Waals surface area contributed by atoms with Crippen LogP contribution >= 0.6 is 23.1 Å². The summed E-state index contributed by atoms with van der Waals surface area (Å²) < 4.78 is 32.1. The Morgan fingerprint density at radius 1 is 1.36 bits per heavy atom. The number of nitrogens with zero attached hydrogens (tertiary/aromatic N) is 2. The van der Waals surface area contributed by atoms with Gasteiger partial charge in [0, 0.05) is 24.9 Å². The van der Waals surface area contributed by atoms with E-state index in [1.54, 1.807) is 0 Å². The zero-order valence-electron chi connectivity index (χ0n) is 13.1. The number of aromatic nitrogens is 2. The zero-order chi connectivity index (χ0) is 17.6. The fourth-order valence-electron chi connectivity index (χ4n) is 2.24. The first-order valence-corrected chi connectivity index (χ1v) is 9.47. The predicted molar refractivity (Wildman–Crippen MR) is 93.1 cm³/mol. The van der Waals surface area contributed by atoms with Gasteiger partial charge in [-0.1, -0.05) is 23.1 Å². The maximum atomic E-state index is 13.1. The highest BCUT2D eigenvalue weighted by molar-refractivity contribution is 8.01. The number of carbonyl (C=O) groups excluding carboxylic acids is 1. The van der Waals surface area contributed by atoms with Crippen LogP contribution in [0.15, 0.2) is 22.5 Å². The minimum atomic E-state index is -1.00. The number of hydrogen-bond donors (Lipinski definition) is 2. The van der Waals surface area contributed by atoms with Crippen LogP contribution in [-0.4, -0.2) is 41.1 Å². The van der Waals surface area contributed by atoms with E-state index in [0.717, 1.165) is 31.6 Å². The zero-order valence-corrected chi connectivity index (χ0v) is 14.8.